The van der Waals surface area contributed by atoms with Gasteiger partial charge < -0.3 is 9.64 Å². The van der Waals surface area contributed by atoms with Crippen molar-refractivity contribution in [3.63, 3.8) is 0 Å². The molecule has 1 aliphatic heterocycles. The van der Waals surface area contributed by atoms with Gasteiger partial charge in [-0.2, -0.15) is 0 Å². The first-order chi connectivity index (χ1) is 13.5. The molecule has 2 atom stereocenters. The topological polar surface area (TPSA) is 64.4 Å². The third kappa shape index (κ3) is 3.74. The van der Waals surface area contributed by atoms with Crippen LogP contribution >= 0.6 is 23.1 Å². The second-order valence-corrected chi connectivity index (χ2v) is 10.2. The van der Waals surface area contributed by atoms with E-state index in [1.54, 1.807) is 34.9 Å². The summed E-state index contributed by atoms with van der Waals surface area (Å²) in [5.74, 6) is 0.0217. The van der Waals surface area contributed by atoms with E-state index in [4.69, 9.17) is 9.72 Å². The van der Waals surface area contributed by atoms with Gasteiger partial charge >= 0.3 is 0 Å². The molecule has 1 aliphatic carbocycles. The molecule has 8 heteroatoms. The Bertz CT molecular complexity index is 944. The maximum atomic E-state index is 13.5. The molecule has 0 unspecified atom stereocenters. The average Bonchev–Trinajstić information content (AvgIpc) is 3.31. The SMILES string of the molecule is C[C@@H](Sc1nc2sc3c(c2c(=O)n1C[C@@H]1CCCO1)CCCC3)C(=O)N(C)C. The second kappa shape index (κ2) is 8.16. The molecule has 0 saturated carbocycles. The molecular formula is C20H27N3O3S2. The molecule has 3 heterocycles. The highest BCUT2D eigenvalue weighted by atomic mass is 32.2. The molecule has 0 spiro atoms. The minimum absolute atomic E-state index is 0.0217. The van der Waals surface area contributed by atoms with E-state index >= 15 is 0 Å². The van der Waals surface area contributed by atoms with E-state index < -0.39 is 0 Å². The largest absolute Gasteiger partial charge is 0.376 e. The Balaban J connectivity index is 1.79. The number of hydrogen-bond acceptors (Lipinski definition) is 6. The van der Waals surface area contributed by atoms with Crippen molar-refractivity contribution in [3.05, 3.63) is 20.8 Å². The van der Waals surface area contributed by atoms with Gasteiger partial charge in [0.1, 0.15) is 4.83 Å². The van der Waals surface area contributed by atoms with Gasteiger partial charge in [0, 0.05) is 25.6 Å². The first kappa shape index (κ1) is 19.9. The van der Waals surface area contributed by atoms with Crippen LogP contribution in [-0.4, -0.2) is 52.4 Å². The van der Waals surface area contributed by atoms with Crippen molar-refractivity contribution in [2.45, 2.75) is 68.5 Å². The van der Waals surface area contributed by atoms with Crippen LogP contribution in [0.1, 0.15) is 43.0 Å². The summed E-state index contributed by atoms with van der Waals surface area (Å²) in [5, 5.41) is 1.13. The van der Waals surface area contributed by atoms with E-state index in [2.05, 4.69) is 0 Å². The molecule has 0 radical (unpaired) electrons. The van der Waals surface area contributed by atoms with E-state index in [0.717, 1.165) is 48.9 Å². The van der Waals surface area contributed by atoms with Crippen molar-refractivity contribution in [2.75, 3.05) is 20.7 Å². The number of aromatic nitrogens is 2. The fourth-order valence-corrected chi connectivity index (χ4v) is 6.40. The van der Waals surface area contributed by atoms with Gasteiger partial charge in [0.15, 0.2) is 5.16 Å². The molecule has 1 fully saturated rings. The van der Waals surface area contributed by atoms with E-state index in [9.17, 15) is 9.59 Å². The lowest BCUT2D eigenvalue weighted by Crippen LogP contribution is -2.32. The Morgan fingerprint density at radius 2 is 2.14 bits per heavy atom. The van der Waals surface area contributed by atoms with Crippen molar-refractivity contribution in [3.8, 4) is 0 Å². The molecular weight excluding hydrogens is 394 g/mol. The monoisotopic (exact) mass is 421 g/mol. The standard InChI is InChI=1S/C20H27N3O3S2/c1-12(18(24)22(2)3)27-20-21-17-16(14-8-4-5-9-15(14)28-17)19(25)23(20)11-13-7-6-10-26-13/h12-13H,4-11H2,1-3H3/t12-,13+/m1/s1. The number of thiophene rings is 1. The maximum absolute atomic E-state index is 13.5. The van der Waals surface area contributed by atoms with Crippen LogP contribution in [0.3, 0.4) is 0 Å². The average molecular weight is 422 g/mol. The molecule has 2 aromatic rings. The summed E-state index contributed by atoms with van der Waals surface area (Å²) in [6, 6.07) is 0. The number of aryl methyl sites for hydroxylation is 2. The molecule has 28 heavy (non-hydrogen) atoms. The summed E-state index contributed by atoms with van der Waals surface area (Å²) in [6.07, 6.45) is 6.36. The number of amides is 1. The van der Waals surface area contributed by atoms with Crippen LogP contribution in [-0.2, 0) is 28.9 Å². The number of carbonyl (C=O) groups excluding carboxylic acids is 1. The second-order valence-electron chi connectivity index (χ2n) is 7.83. The van der Waals surface area contributed by atoms with Crippen molar-refractivity contribution in [1.82, 2.24) is 14.5 Å². The fourth-order valence-electron chi connectivity index (χ4n) is 4.03. The summed E-state index contributed by atoms with van der Waals surface area (Å²) < 4.78 is 7.56. The molecule has 0 bridgehead atoms. The third-order valence-corrected chi connectivity index (χ3v) is 7.78. The highest BCUT2D eigenvalue weighted by Gasteiger charge is 2.27. The lowest BCUT2D eigenvalue weighted by Gasteiger charge is -2.20. The van der Waals surface area contributed by atoms with Gasteiger partial charge in [-0.05, 0) is 51.0 Å². The Morgan fingerprint density at radius 1 is 1.36 bits per heavy atom. The van der Waals surface area contributed by atoms with E-state index in [0.29, 0.717) is 11.7 Å². The zero-order chi connectivity index (χ0) is 19.8. The van der Waals surface area contributed by atoms with Crippen LogP contribution in [0, 0.1) is 0 Å². The van der Waals surface area contributed by atoms with E-state index in [1.165, 1.54) is 28.6 Å². The highest BCUT2D eigenvalue weighted by molar-refractivity contribution is 8.00. The van der Waals surface area contributed by atoms with Gasteiger partial charge in [0.25, 0.3) is 5.56 Å². The quantitative estimate of drug-likeness (QED) is 0.548. The van der Waals surface area contributed by atoms with Gasteiger partial charge in [0.2, 0.25) is 5.91 Å². The molecule has 1 amide bonds. The predicted molar refractivity (Wildman–Crippen MR) is 114 cm³/mol. The lowest BCUT2D eigenvalue weighted by atomic mass is 9.97. The smallest absolute Gasteiger partial charge is 0.263 e. The number of carbonyl (C=O) groups is 1. The summed E-state index contributed by atoms with van der Waals surface area (Å²) in [7, 11) is 3.51. The number of ether oxygens (including phenoxy) is 1. The van der Waals surface area contributed by atoms with Crippen LogP contribution in [0.4, 0.5) is 0 Å². The van der Waals surface area contributed by atoms with Crippen LogP contribution in [0.15, 0.2) is 9.95 Å². The van der Waals surface area contributed by atoms with Gasteiger partial charge in [-0.3, -0.25) is 14.2 Å². The van der Waals surface area contributed by atoms with Crippen molar-refractivity contribution >= 4 is 39.2 Å². The minimum Gasteiger partial charge on any atom is -0.376 e. The summed E-state index contributed by atoms with van der Waals surface area (Å²) in [6.45, 7) is 3.14. The minimum atomic E-state index is -0.301. The Labute approximate surface area is 173 Å². The first-order valence-corrected chi connectivity index (χ1v) is 11.7. The molecule has 1 saturated heterocycles. The Kier molecular flexibility index (Phi) is 5.81. The van der Waals surface area contributed by atoms with Crippen LogP contribution in [0.2, 0.25) is 0 Å². The number of rotatable bonds is 5. The van der Waals surface area contributed by atoms with Crippen molar-refractivity contribution < 1.29 is 9.53 Å². The summed E-state index contributed by atoms with van der Waals surface area (Å²) >= 11 is 3.03. The molecule has 2 aromatic heterocycles. The van der Waals surface area contributed by atoms with Crippen LogP contribution in [0.25, 0.3) is 10.2 Å². The van der Waals surface area contributed by atoms with Crippen LogP contribution in [0.5, 0.6) is 0 Å². The van der Waals surface area contributed by atoms with E-state index in [1.807, 2.05) is 6.92 Å². The number of thioether (sulfide) groups is 1. The molecule has 0 aromatic carbocycles. The van der Waals surface area contributed by atoms with Crippen LogP contribution < -0.4 is 5.56 Å². The zero-order valence-corrected chi connectivity index (χ0v) is 18.3. The maximum Gasteiger partial charge on any atom is 0.263 e. The number of fused-ring (bicyclic) bond motifs is 3. The molecule has 4 rings (SSSR count). The van der Waals surface area contributed by atoms with Gasteiger partial charge in [-0.25, -0.2) is 4.98 Å². The predicted octanol–water partition coefficient (Wildman–Crippen LogP) is 3.08. The Hall–Kier alpha value is -1.38. The van der Waals surface area contributed by atoms with Crippen molar-refractivity contribution in [2.24, 2.45) is 0 Å². The number of nitrogens with zero attached hydrogens (tertiary/aromatic N) is 3. The highest BCUT2D eigenvalue weighted by Crippen LogP contribution is 2.35. The fraction of sp³-hybridized carbons (Fsp3) is 0.650. The number of hydrogen-bond donors (Lipinski definition) is 0. The molecule has 2 aliphatic rings. The molecule has 152 valence electrons. The first-order valence-electron chi connectivity index (χ1n) is 10.00. The summed E-state index contributed by atoms with van der Waals surface area (Å²) in [5.41, 5.74) is 1.24. The summed E-state index contributed by atoms with van der Waals surface area (Å²) in [4.78, 5) is 34.5. The molecule has 6 nitrogen and oxygen atoms in total. The zero-order valence-electron chi connectivity index (χ0n) is 16.7. The normalized spacial score (nSPS) is 20.3. The Morgan fingerprint density at radius 3 is 2.86 bits per heavy atom. The third-order valence-electron chi connectivity index (χ3n) is 5.52. The van der Waals surface area contributed by atoms with Gasteiger partial charge in [-0.1, -0.05) is 11.8 Å². The molecule has 0 N–H and O–H groups in total. The van der Waals surface area contributed by atoms with E-state index in [-0.39, 0.29) is 22.8 Å². The van der Waals surface area contributed by atoms with Crippen molar-refractivity contribution in [1.29, 1.82) is 0 Å². The lowest BCUT2D eigenvalue weighted by molar-refractivity contribution is -0.127. The van der Waals surface area contributed by atoms with Gasteiger partial charge in [-0.15, -0.1) is 11.3 Å². The van der Waals surface area contributed by atoms with Gasteiger partial charge in [0.05, 0.1) is 23.3 Å².